The summed E-state index contributed by atoms with van der Waals surface area (Å²) in [5.74, 6) is -2.49. The number of fused-ring (bicyclic) bond motifs is 2. The molecule has 1 saturated heterocycles. The lowest BCUT2D eigenvalue weighted by molar-refractivity contribution is -0.192. The third-order valence-corrected chi connectivity index (χ3v) is 6.05. The molecule has 0 unspecified atom stereocenters. The van der Waals surface area contributed by atoms with Crippen LogP contribution in [0.4, 0.5) is 18.9 Å². The number of nitrogens with zero attached hydrogens (tertiary/aromatic N) is 3. The van der Waals surface area contributed by atoms with Crippen molar-refractivity contribution in [2.24, 2.45) is 0 Å². The van der Waals surface area contributed by atoms with E-state index in [2.05, 4.69) is 28.1 Å². The third-order valence-electron chi connectivity index (χ3n) is 5.29. The Hall–Kier alpha value is -2.46. The van der Waals surface area contributed by atoms with Gasteiger partial charge in [-0.1, -0.05) is 18.2 Å². The van der Waals surface area contributed by atoms with E-state index in [-0.39, 0.29) is 11.3 Å². The van der Waals surface area contributed by atoms with Crippen LogP contribution in [0.25, 0.3) is 0 Å². The van der Waals surface area contributed by atoms with Crippen LogP contribution in [0.5, 0.6) is 0 Å². The molecule has 1 amide bonds. The maximum atomic E-state index is 12.9. The third kappa shape index (κ3) is 4.27. The molecule has 1 fully saturated rings. The van der Waals surface area contributed by atoms with E-state index in [4.69, 9.17) is 9.90 Å². The zero-order valence-electron chi connectivity index (χ0n) is 15.6. The Morgan fingerprint density at radius 2 is 1.90 bits per heavy atom. The van der Waals surface area contributed by atoms with Gasteiger partial charge in [0.05, 0.1) is 12.0 Å². The van der Waals surface area contributed by atoms with Gasteiger partial charge in [0.15, 0.2) is 0 Å². The van der Waals surface area contributed by atoms with Crippen LogP contribution >= 0.6 is 11.3 Å². The summed E-state index contributed by atoms with van der Waals surface area (Å²) in [6.07, 6.45) is -1.42. The molecule has 156 valence electrons. The molecule has 2 aromatic rings. The molecule has 0 saturated carbocycles. The number of aliphatic carboxylic acids is 1. The molecule has 0 aliphatic carbocycles. The fraction of sp³-hybridized carbons (Fsp3) is 0.421. The summed E-state index contributed by atoms with van der Waals surface area (Å²) in [5.41, 5.74) is 2.00. The molecule has 1 spiro atoms. The molecule has 1 aromatic heterocycles. The molecule has 1 N–H and O–H groups in total. The number of amides is 1. The van der Waals surface area contributed by atoms with Crippen LogP contribution in [0, 0.1) is 0 Å². The highest BCUT2D eigenvalue weighted by Crippen LogP contribution is 2.47. The van der Waals surface area contributed by atoms with Crippen LogP contribution in [-0.2, 0) is 21.5 Å². The van der Waals surface area contributed by atoms with Gasteiger partial charge in [0.2, 0.25) is 5.91 Å². The Morgan fingerprint density at radius 1 is 1.28 bits per heavy atom. The number of piperidine rings is 1. The van der Waals surface area contributed by atoms with Gasteiger partial charge in [0.1, 0.15) is 5.01 Å². The van der Waals surface area contributed by atoms with E-state index >= 15 is 0 Å². The van der Waals surface area contributed by atoms with Crippen molar-refractivity contribution >= 4 is 28.9 Å². The molecule has 10 heteroatoms. The number of carbonyl (C=O) groups excluding carboxylic acids is 1. The molecule has 1 aromatic carbocycles. The summed E-state index contributed by atoms with van der Waals surface area (Å²) in [7, 11) is 1.90. The molecule has 29 heavy (non-hydrogen) atoms. The smallest absolute Gasteiger partial charge is 0.475 e. The van der Waals surface area contributed by atoms with Crippen molar-refractivity contribution in [3.8, 4) is 0 Å². The Kier molecular flexibility index (Phi) is 5.95. The van der Waals surface area contributed by atoms with Gasteiger partial charge in [-0.05, 0) is 37.6 Å². The number of anilines is 1. The maximum Gasteiger partial charge on any atom is 0.490 e. The molecular formula is C19H20F3N3O3S. The first-order chi connectivity index (χ1) is 13.6. The Balaban J connectivity index is 0.000000298. The van der Waals surface area contributed by atoms with Crippen LogP contribution in [0.2, 0.25) is 0 Å². The van der Waals surface area contributed by atoms with Crippen molar-refractivity contribution in [1.29, 1.82) is 0 Å². The Morgan fingerprint density at radius 3 is 2.45 bits per heavy atom. The number of thiazole rings is 1. The van der Waals surface area contributed by atoms with Gasteiger partial charge in [-0.15, -0.1) is 11.3 Å². The molecule has 3 heterocycles. The van der Waals surface area contributed by atoms with E-state index < -0.39 is 12.1 Å². The van der Waals surface area contributed by atoms with Crippen LogP contribution in [-0.4, -0.2) is 53.2 Å². The monoisotopic (exact) mass is 427 g/mol. The van der Waals surface area contributed by atoms with Crippen molar-refractivity contribution < 1.29 is 27.9 Å². The number of aromatic nitrogens is 1. The first kappa shape index (κ1) is 21.3. The number of alkyl halides is 3. The molecular weight excluding hydrogens is 407 g/mol. The maximum absolute atomic E-state index is 12.9. The van der Waals surface area contributed by atoms with Gasteiger partial charge in [-0.25, -0.2) is 9.78 Å². The van der Waals surface area contributed by atoms with Crippen molar-refractivity contribution in [2.45, 2.75) is 31.0 Å². The first-order valence-corrected chi connectivity index (χ1v) is 9.81. The number of benzene rings is 1. The highest BCUT2D eigenvalue weighted by Gasteiger charge is 2.50. The van der Waals surface area contributed by atoms with Gasteiger partial charge in [-0.3, -0.25) is 9.69 Å². The summed E-state index contributed by atoms with van der Waals surface area (Å²) in [4.78, 5) is 30.4. The van der Waals surface area contributed by atoms with Crippen LogP contribution in [0.1, 0.15) is 23.4 Å². The number of para-hydroxylation sites is 1. The Bertz CT molecular complexity index is 878. The standard InChI is InChI=1S/C17H19N3OS.C2HF3O2/c1-19-14-5-3-2-4-13(14)17(16(19)21)6-9-20(10-7-17)12-15-18-8-11-22-15;3-2(4,5)1(6)7/h2-5,8,11H,6-7,9-10,12H2,1H3;(H,6,7). The summed E-state index contributed by atoms with van der Waals surface area (Å²) < 4.78 is 31.7. The average Bonchev–Trinajstić information content (AvgIpc) is 3.26. The number of carboxylic acid groups (broad SMARTS) is 1. The molecule has 2 aliphatic heterocycles. The van der Waals surface area contributed by atoms with E-state index in [0.29, 0.717) is 0 Å². The lowest BCUT2D eigenvalue weighted by Gasteiger charge is -2.38. The van der Waals surface area contributed by atoms with E-state index in [1.807, 2.05) is 29.6 Å². The zero-order chi connectivity index (χ0) is 21.2. The number of hydrogen-bond acceptors (Lipinski definition) is 5. The number of rotatable bonds is 2. The van der Waals surface area contributed by atoms with Gasteiger partial charge in [-0.2, -0.15) is 13.2 Å². The minimum absolute atomic E-state index is 0.266. The highest BCUT2D eigenvalue weighted by atomic mass is 32.1. The minimum atomic E-state index is -5.08. The molecule has 6 nitrogen and oxygen atoms in total. The fourth-order valence-electron chi connectivity index (χ4n) is 3.81. The van der Waals surface area contributed by atoms with Crippen molar-refractivity contribution in [3.63, 3.8) is 0 Å². The molecule has 0 atom stereocenters. The predicted octanol–water partition coefficient (Wildman–Crippen LogP) is 3.29. The lowest BCUT2D eigenvalue weighted by Crippen LogP contribution is -2.47. The van der Waals surface area contributed by atoms with Crippen LogP contribution in [0.3, 0.4) is 0 Å². The molecule has 0 bridgehead atoms. The summed E-state index contributed by atoms with van der Waals surface area (Å²) >= 11 is 1.70. The summed E-state index contributed by atoms with van der Waals surface area (Å²) in [6, 6.07) is 8.26. The topological polar surface area (TPSA) is 73.7 Å². The number of halogens is 3. The summed E-state index contributed by atoms with van der Waals surface area (Å²) in [6.45, 7) is 2.81. The minimum Gasteiger partial charge on any atom is -0.475 e. The van der Waals surface area contributed by atoms with E-state index in [0.717, 1.165) is 43.2 Å². The zero-order valence-corrected chi connectivity index (χ0v) is 16.5. The van der Waals surface area contributed by atoms with E-state index in [1.54, 1.807) is 11.3 Å². The average molecular weight is 427 g/mol. The van der Waals surface area contributed by atoms with Crippen LogP contribution < -0.4 is 4.90 Å². The molecule has 4 rings (SSSR count). The van der Waals surface area contributed by atoms with Crippen molar-refractivity contribution in [1.82, 2.24) is 9.88 Å². The second-order valence-electron chi connectivity index (χ2n) is 6.97. The number of likely N-dealkylation sites (tertiary alicyclic amines) is 1. The largest absolute Gasteiger partial charge is 0.490 e. The first-order valence-electron chi connectivity index (χ1n) is 8.93. The number of hydrogen-bond donors (Lipinski definition) is 1. The van der Waals surface area contributed by atoms with Crippen LogP contribution in [0.15, 0.2) is 35.8 Å². The van der Waals surface area contributed by atoms with E-state index in [1.165, 1.54) is 5.56 Å². The van der Waals surface area contributed by atoms with Gasteiger partial charge < -0.3 is 10.0 Å². The summed E-state index contributed by atoms with van der Waals surface area (Å²) in [5, 5.41) is 10.3. The quantitative estimate of drug-likeness (QED) is 0.796. The van der Waals surface area contributed by atoms with Gasteiger partial charge in [0.25, 0.3) is 0 Å². The molecule has 0 radical (unpaired) electrons. The number of likely N-dealkylation sites (N-methyl/N-ethyl adjacent to an activating group) is 1. The SMILES string of the molecule is CN1C(=O)C2(CCN(Cc3nccs3)CC2)c2ccccc21.O=C(O)C(F)(F)F. The predicted molar refractivity (Wildman–Crippen MR) is 102 cm³/mol. The number of carboxylic acids is 1. The van der Waals surface area contributed by atoms with Gasteiger partial charge in [0, 0.05) is 24.3 Å². The molecule has 2 aliphatic rings. The lowest BCUT2D eigenvalue weighted by atomic mass is 9.73. The van der Waals surface area contributed by atoms with Gasteiger partial charge >= 0.3 is 12.1 Å². The second kappa shape index (κ2) is 8.11. The van der Waals surface area contributed by atoms with Crippen molar-refractivity contribution in [2.75, 3.05) is 25.0 Å². The van der Waals surface area contributed by atoms with E-state index in [9.17, 15) is 18.0 Å². The number of carbonyl (C=O) groups is 2. The Labute approximate surface area is 169 Å². The van der Waals surface area contributed by atoms with Crippen molar-refractivity contribution in [3.05, 3.63) is 46.4 Å². The second-order valence-corrected chi connectivity index (χ2v) is 7.95. The normalized spacial score (nSPS) is 18.3. The highest BCUT2D eigenvalue weighted by molar-refractivity contribution is 7.09. The fourth-order valence-corrected chi connectivity index (χ4v) is 4.47.